The standard InChI is InChI=1S/C13H13NO2/c1-16-6-2-3-7-8(4-6)9-5-13(12(14)15)10(7)11(9)13/h2-4,9-11H,5H2,1H3,(H2,14,15)/t9-,10+,11-,13-/m0/s1. The van der Waals surface area contributed by atoms with Crippen LogP contribution in [0.5, 0.6) is 5.75 Å². The fraction of sp³-hybridized carbons (Fsp3) is 0.462. The van der Waals surface area contributed by atoms with Crippen molar-refractivity contribution < 1.29 is 9.53 Å². The van der Waals surface area contributed by atoms with Crippen molar-refractivity contribution in [2.75, 3.05) is 7.11 Å². The lowest BCUT2D eigenvalue weighted by molar-refractivity contribution is -0.126. The molecule has 3 aliphatic carbocycles. The van der Waals surface area contributed by atoms with E-state index in [1.807, 2.05) is 6.07 Å². The van der Waals surface area contributed by atoms with E-state index >= 15 is 0 Å². The molecule has 3 aliphatic rings. The van der Waals surface area contributed by atoms with Gasteiger partial charge in [-0.25, -0.2) is 0 Å². The fourth-order valence-electron chi connectivity index (χ4n) is 4.13. The molecular formula is C13H13NO2. The topological polar surface area (TPSA) is 52.3 Å². The lowest BCUT2D eigenvalue weighted by atomic mass is 9.68. The number of carbonyl (C=O) groups excluding carboxylic acids is 1. The van der Waals surface area contributed by atoms with Crippen LogP contribution in [-0.2, 0) is 4.79 Å². The number of hydrogen-bond donors (Lipinski definition) is 1. The molecule has 4 atom stereocenters. The van der Waals surface area contributed by atoms with Gasteiger partial charge in [-0.2, -0.15) is 0 Å². The maximum atomic E-state index is 11.5. The largest absolute Gasteiger partial charge is 0.497 e. The minimum absolute atomic E-state index is 0.0970. The normalized spacial score (nSPS) is 40.7. The van der Waals surface area contributed by atoms with Gasteiger partial charge in [0.15, 0.2) is 0 Å². The van der Waals surface area contributed by atoms with Gasteiger partial charge in [0.1, 0.15) is 5.75 Å². The zero-order valence-electron chi connectivity index (χ0n) is 9.07. The zero-order valence-corrected chi connectivity index (χ0v) is 9.07. The fourth-order valence-corrected chi connectivity index (χ4v) is 4.13. The number of fused-ring (bicyclic) bond motifs is 4. The van der Waals surface area contributed by atoms with Gasteiger partial charge in [0.05, 0.1) is 12.5 Å². The number of methoxy groups -OCH3 is 1. The summed E-state index contributed by atoms with van der Waals surface area (Å²) in [6, 6.07) is 6.21. The average Bonchev–Trinajstić information content (AvgIpc) is 2.68. The third-order valence-electron chi connectivity index (χ3n) is 4.88. The summed E-state index contributed by atoms with van der Waals surface area (Å²) in [4.78, 5) is 11.5. The molecule has 0 spiro atoms. The van der Waals surface area contributed by atoms with Crippen LogP contribution in [0.1, 0.15) is 29.4 Å². The maximum absolute atomic E-state index is 11.5. The molecule has 16 heavy (non-hydrogen) atoms. The molecule has 0 unspecified atom stereocenters. The summed E-state index contributed by atoms with van der Waals surface area (Å²) in [6.45, 7) is 0. The first-order valence-electron chi connectivity index (χ1n) is 5.68. The van der Waals surface area contributed by atoms with Crippen LogP contribution in [0.15, 0.2) is 18.2 Å². The second-order valence-electron chi connectivity index (χ2n) is 5.21. The maximum Gasteiger partial charge on any atom is 0.224 e. The van der Waals surface area contributed by atoms with E-state index in [4.69, 9.17) is 10.5 Å². The van der Waals surface area contributed by atoms with Crippen LogP contribution in [0, 0.1) is 11.3 Å². The van der Waals surface area contributed by atoms with Crippen LogP contribution in [-0.4, -0.2) is 13.0 Å². The van der Waals surface area contributed by atoms with E-state index in [2.05, 4.69) is 12.1 Å². The Morgan fingerprint density at radius 2 is 2.31 bits per heavy atom. The van der Waals surface area contributed by atoms with E-state index < -0.39 is 0 Å². The summed E-state index contributed by atoms with van der Waals surface area (Å²) in [7, 11) is 1.69. The van der Waals surface area contributed by atoms with E-state index in [0.29, 0.717) is 17.8 Å². The van der Waals surface area contributed by atoms with Crippen LogP contribution in [0.3, 0.4) is 0 Å². The van der Waals surface area contributed by atoms with Crippen molar-refractivity contribution in [2.24, 2.45) is 17.1 Å². The molecule has 3 nitrogen and oxygen atoms in total. The molecule has 0 saturated heterocycles. The first-order valence-corrected chi connectivity index (χ1v) is 5.68. The van der Waals surface area contributed by atoms with Gasteiger partial charge in [-0.1, -0.05) is 6.07 Å². The van der Waals surface area contributed by atoms with E-state index in [-0.39, 0.29) is 11.3 Å². The second kappa shape index (κ2) is 2.26. The first-order chi connectivity index (χ1) is 7.70. The van der Waals surface area contributed by atoms with Crippen molar-refractivity contribution in [3.05, 3.63) is 29.3 Å². The van der Waals surface area contributed by atoms with Crippen molar-refractivity contribution in [3.63, 3.8) is 0 Å². The Labute approximate surface area is 93.6 Å². The molecule has 0 aliphatic heterocycles. The number of ether oxygens (including phenoxy) is 1. The molecule has 1 aromatic carbocycles. The molecular weight excluding hydrogens is 202 g/mol. The third-order valence-corrected chi connectivity index (χ3v) is 4.88. The molecule has 2 N–H and O–H groups in total. The van der Waals surface area contributed by atoms with Gasteiger partial charge in [0.25, 0.3) is 0 Å². The van der Waals surface area contributed by atoms with Crippen molar-refractivity contribution in [1.29, 1.82) is 0 Å². The van der Waals surface area contributed by atoms with Crippen molar-refractivity contribution in [2.45, 2.75) is 18.3 Å². The molecule has 4 rings (SSSR count). The van der Waals surface area contributed by atoms with Crippen molar-refractivity contribution >= 4 is 5.91 Å². The van der Waals surface area contributed by atoms with Crippen LogP contribution in [0.25, 0.3) is 0 Å². The van der Waals surface area contributed by atoms with Crippen LogP contribution >= 0.6 is 0 Å². The Balaban J connectivity index is 1.82. The van der Waals surface area contributed by atoms with Gasteiger partial charge in [0.2, 0.25) is 5.91 Å². The monoisotopic (exact) mass is 215 g/mol. The summed E-state index contributed by atoms with van der Waals surface area (Å²) in [5.74, 6) is 2.29. The quantitative estimate of drug-likeness (QED) is 0.810. The number of carbonyl (C=O) groups is 1. The predicted molar refractivity (Wildman–Crippen MR) is 58.2 cm³/mol. The molecule has 1 amide bonds. The molecule has 0 heterocycles. The van der Waals surface area contributed by atoms with Gasteiger partial charge in [-0.3, -0.25) is 4.79 Å². The van der Waals surface area contributed by atoms with Crippen LogP contribution < -0.4 is 10.5 Å². The molecule has 1 aromatic rings. The van der Waals surface area contributed by atoms with E-state index in [1.165, 1.54) is 11.1 Å². The second-order valence-corrected chi connectivity index (χ2v) is 5.21. The summed E-state index contributed by atoms with van der Waals surface area (Å²) >= 11 is 0. The molecule has 2 saturated carbocycles. The highest BCUT2D eigenvalue weighted by molar-refractivity contribution is 5.91. The average molecular weight is 215 g/mol. The Morgan fingerprint density at radius 1 is 1.50 bits per heavy atom. The van der Waals surface area contributed by atoms with Gasteiger partial charge in [-0.05, 0) is 41.5 Å². The van der Waals surface area contributed by atoms with Crippen LogP contribution in [0.4, 0.5) is 0 Å². The summed E-state index contributed by atoms with van der Waals surface area (Å²) < 4.78 is 5.24. The highest BCUT2D eigenvalue weighted by Crippen LogP contribution is 2.86. The molecule has 0 radical (unpaired) electrons. The summed E-state index contributed by atoms with van der Waals surface area (Å²) in [6.07, 6.45) is 0.956. The van der Waals surface area contributed by atoms with E-state index in [1.54, 1.807) is 7.11 Å². The molecule has 3 heteroatoms. The van der Waals surface area contributed by atoms with Crippen molar-refractivity contribution in [3.8, 4) is 5.75 Å². The summed E-state index contributed by atoms with van der Waals surface area (Å²) in [5, 5.41) is 0. The first kappa shape index (κ1) is 8.62. The van der Waals surface area contributed by atoms with Gasteiger partial charge < -0.3 is 10.5 Å². The van der Waals surface area contributed by atoms with Gasteiger partial charge >= 0.3 is 0 Å². The zero-order chi connectivity index (χ0) is 11.1. The number of nitrogens with two attached hydrogens (primary N) is 1. The van der Waals surface area contributed by atoms with Gasteiger partial charge in [0, 0.05) is 5.92 Å². The molecule has 0 aromatic heterocycles. The Morgan fingerprint density at radius 3 is 3.00 bits per heavy atom. The number of rotatable bonds is 2. The SMILES string of the molecule is COc1ccc2c(c1)[C@@H]1C[C@@]3(C(N)=O)[C@@H]1[C@@H]23. The number of amides is 1. The minimum atomic E-state index is -0.160. The third kappa shape index (κ3) is 0.647. The number of benzene rings is 1. The van der Waals surface area contributed by atoms with Crippen LogP contribution in [0.2, 0.25) is 0 Å². The molecule has 82 valence electrons. The Bertz CT molecular complexity index is 525. The predicted octanol–water partition coefficient (Wildman–Crippen LogP) is 1.38. The number of hydrogen-bond acceptors (Lipinski definition) is 2. The highest BCUT2D eigenvalue weighted by atomic mass is 16.5. The lowest BCUT2D eigenvalue weighted by Gasteiger charge is -2.35. The minimum Gasteiger partial charge on any atom is -0.497 e. The van der Waals surface area contributed by atoms with Gasteiger partial charge in [-0.15, -0.1) is 0 Å². The van der Waals surface area contributed by atoms with E-state index in [0.717, 1.165) is 12.2 Å². The molecule has 0 bridgehead atoms. The smallest absolute Gasteiger partial charge is 0.224 e. The Kier molecular flexibility index (Phi) is 1.22. The summed E-state index contributed by atoms with van der Waals surface area (Å²) in [5.41, 5.74) is 8.07. The molecule has 2 fully saturated rings. The van der Waals surface area contributed by atoms with Crippen molar-refractivity contribution in [1.82, 2.24) is 0 Å². The number of primary amides is 1. The highest BCUT2D eigenvalue weighted by Gasteiger charge is 2.82. The lowest BCUT2D eigenvalue weighted by Crippen LogP contribution is -2.38. The Hall–Kier alpha value is -1.51. The van der Waals surface area contributed by atoms with E-state index in [9.17, 15) is 4.79 Å².